The number of rotatable bonds is 4. The van der Waals surface area contributed by atoms with Gasteiger partial charge in [0.15, 0.2) is 5.96 Å². The SMILES string of the molecule is NC(=NCCCO)Nc1ccc2c(c1)CCC2. The number of hydrogen-bond acceptors (Lipinski definition) is 2. The summed E-state index contributed by atoms with van der Waals surface area (Å²) in [5.41, 5.74) is 9.61. The second-order valence-electron chi connectivity index (χ2n) is 4.31. The van der Waals surface area contributed by atoms with Gasteiger partial charge in [0.2, 0.25) is 0 Å². The lowest BCUT2D eigenvalue weighted by Gasteiger charge is -2.07. The molecule has 0 unspecified atom stereocenters. The molecular weight excluding hydrogens is 214 g/mol. The monoisotopic (exact) mass is 233 g/mol. The number of hydrogen-bond donors (Lipinski definition) is 3. The molecule has 0 aromatic heterocycles. The van der Waals surface area contributed by atoms with Gasteiger partial charge in [0.1, 0.15) is 0 Å². The highest BCUT2D eigenvalue weighted by molar-refractivity contribution is 5.92. The van der Waals surface area contributed by atoms with Crippen LogP contribution in [0.4, 0.5) is 5.69 Å². The number of aryl methyl sites for hydroxylation is 2. The van der Waals surface area contributed by atoms with Crippen LogP contribution < -0.4 is 11.1 Å². The number of aliphatic imine (C=N–C) groups is 1. The summed E-state index contributed by atoms with van der Waals surface area (Å²) >= 11 is 0. The molecule has 0 amide bonds. The Morgan fingerprint density at radius 2 is 2.18 bits per heavy atom. The van der Waals surface area contributed by atoms with Gasteiger partial charge in [-0.25, -0.2) is 0 Å². The third-order valence-corrected chi connectivity index (χ3v) is 2.97. The van der Waals surface area contributed by atoms with Crippen molar-refractivity contribution in [3.8, 4) is 0 Å². The molecule has 0 atom stereocenters. The van der Waals surface area contributed by atoms with Crippen LogP contribution in [0.15, 0.2) is 23.2 Å². The minimum Gasteiger partial charge on any atom is -0.396 e. The summed E-state index contributed by atoms with van der Waals surface area (Å²) in [6, 6.07) is 6.35. The predicted octanol–water partition coefficient (Wildman–Crippen LogP) is 1.28. The molecule has 1 aromatic rings. The van der Waals surface area contributed by atoms with E-state index < -0.39 is 0 Å². The highest BCUT2D eigenvalue weighted by atomic mass is 16.3. The maximum Gasteiger partial charge on any atom is 0.193 e. The first-order valence-corrected chi connectivity index (χ1v) is 6.09. The molecule has 0 spiro atoms. The maximum absolute atomic E-state index is 8.64. The van der Waals surface area contributed by atoms with Gasteiger partial charge < -0.3 is 16.2 Å². The topological polar surface area (TPSA) is 70.6 Å². The number of nitrogens with one attached hydrogen (secondary N) is 1. The second kappa shape index (κ2) is 5.68. The zero-order valence-corrected chi connectivity index (χ0v) is 9.95. The van der Waals surface area contributed by atoms with Gasteiger partial charge >= 0.3 is 0 Å². The first kappa shape index (κ1) is 11.9. The van der Waals surface area contributed by atoms with Crippen LogP contribution in [0, 0.1) is 0 Å². The molecule has 92 valence electrons. The zero-order valence-electron chi connectivity index (χ0n) is 9.95. The van der Waals surface area contributed by atoms with Crippen LogP contribution in [0.3, 0.4) is 0 Å². The zero-order chi connectivity index (χ0) is 12.1. The molecule has 4 heteroatoms. The van der Waals surface area contributed by atoms with E-state index in [1.54, 1.807) is 0 Å². The Bertz CT molecular complexity index is 415. The summed E-state index contributed by atoms with van der Waals surface area (Å²) in [6.07, 6.45) is 4.24. The molecule has 0 saturated carbocycles. The highest BCUT2D eigenvalue weighted by Gasteiger charge is 2.10. The Hall–Kier alpha value is -1.55. The van der Waals surface area contributed by atoms with Crippen LogP contribution in [0.2, 0.25) is 0 Å². The summed E-state index contributed by atoms with van der Waals surface area (Å²) in [4.78, 5) is 4.13. The van der Waals surface area contributed by atoms with Crippen LogP contribution in [0.25, 0.3) is 0 Å². The summed E-state index contributed by atoms with van der Waals surface area (Å²) in [5.74, 6) is 0.413. The van der Waals surface area contributed by atoms with Crippen LogP contribution in [0.1, 0.15) is 24.0 Å². The van der Waals surface area contributed by atoms with E-state index in [1.165, 1.54) is 24.0 Å². The van der Waals surface area contributed by atoms with Crippen molar-refractivity contribution in [2.45, 2.75) is 25.7 Å². The molecule has 0 saturated heterocycles. The van der Waals surface area contributed by atoms with Gasteiger partial charge in [0.05, 0.1) is 0 Å². The second-order valence-corrected chi connectivity index (χ2v) is 4.31. The molecular formula is C13H19N3O. The van der Waals surface area contributed by atoms with E-state index in [2.05, 4.69) is 22.4 Å². The van der Waals surface area contributed by atoms with Crippen LogP contribution in [0.5, 0.6) is 0 Å². The van der Waals surface area contributed by atoms with Crippen LogP contribution >= 0.6 is 0 Å². The molecule has 1 aliphatic rings. The smallest absolute Gasteiger partial charge is 0.193 e. The molecule has 1 aromatic carbocycles. The van der Waals surface area contributed by atoms with Gasteiger partial charge in [-0.3, -0.25) is 4.99 Å². The lowest BCUT2D eigenvalue weighted by atomic mass is 10.1. The Kier molecular flexibility index (Phi) is 3.98. The molecule has 17 heavy (non-hydrogen) atoms. The van der Waals surface area contributed by atoms with E-state index in [0.29, 0.717) is 18.9 Å². The maximum atomic E-state index is 8.64. The Balaban J connectivity index is 1.96. The number of anilines is 1. The van der Waals surface area contributed by atoms with E-state index in [4.69, 9.17) is 10.8 Å². The van der Waals surface area contributed by atoms with Crippen LogP contribution in [-0.2, 0) is 12.8 Å². The molecule has 0 heterocycles. The summed E-state index contributed by atoms with van der Waals surface area (Å²) in [6.45, 7) is 0.704. The van der Waals surface area contributed by atoms with E-state index in [1.807, 2.05) is 6.07 Å². The molecule has 1 aliphatic carbocycles. The van der Waals surface area contributed by atoms with E-state index in [-0.39, 0.29) is 6.61 Å². The third kappa shape index (κ3) is 3.20. The quantitative estimate of drug-likeness (QED) is 0.417. The fourth-order valence-corrected chi connectivity index (χ4v) is 2.11. The van der Waals surface area contributed by atoms with Crippen LogP contribution in [-0.4, -0.2) is 24.2 Å². The number of guanidine groups is 1. The Labute approximate surface area is 102 Å². The fourth-order valence-electron chi connectivity index (χ4n) is 2.11. The molecule has 0 radical (unpaired) electrons. The summed E-state index contributed by atoms with van der Waals surface area (Å²) < 4.78 is 0. The van der Waals surface area contributed by atoms with Gasteiger partial charge in [-0.05, 0) is 48.9 Å². The number of fused-ring (bicyclic) bond motifs is 1. The molecule has 4 N–H and O–H groups in total. The van der Waals surface area contributed by atoms with Crippen molar-refractivity contribution in [1.29, 1.82) is 0 Å². The number of nitrogens with zero attached hydrogens (tertiary/aromatic N) is 1. The van der Waals surface area contributed by atoms with Gasteiger partial charge in [-0.15, -0.1) is 0 Å². The van der Waals surface area contributed by atoms with Crippen molar-refractivity contribution in [2.24, 2.45) is 10.7 Å². The first-order valence-electron chi connectivity index (χ1n) is 6.09. The summed E-state index contributed by atoms with van der Waals surface area (Å²) in [7, 11) is 0. The number of benzene rings is 1. The minimum atomic E-state index is 0.148. The van der Waals surface area contributed by atoms with Crippen molar-refractivity contribution in [1.82, 2.24) is 0 Å². The molecule has 2 rings (SSSR count). The van der Waals surface area contributed by atoms with Crippen molar-refractivity contribution >= 4 is 11.6 Å². The van der Waals surface area contributed by atoms with Gasteiger partial charge in [0.25, 0.3) is 0 Å². The molecule has 0 bridgehead atoms. The van der Waals surface area contributed by atoms with Gasteiger partial charge in [-0.1, -0.05) is 6.07 Å². The summed E-state index contributed by atoms with van der Waals surface area (Å²) in [5, 5.41) is 11.7. The van der Waals surface area contributed by atoms with Crippen molar-refractivity contribution < 1.29 is 5.11 Å². The number of aliphatic hydroxyl groups excluding tert-OH is 1. The number of aliphatic hydroxyl groups is 1. The van der Waals surface area contributed by atoms with E-state index >= 15 is 0 Å². The predicted molar refractivity (Wildman–Crippen MR) is 70.3 cm³/mol. The van der Waals surface area contributed by atoms with Gasteiger partial charge in [0, 0.05) is 18.8 Å². The lowest BCUT2D eigenvalue weighted by molar-refractivity contribution is 0.291. The first-order chi connectivity index (χ1) is 8.29. The van der Waals surface area contributed by atoms with Crippen molar-refractivity contribution in [3.05, 3.63) is 29.3 Å². The van der Waals surface area contributed by atoms with E-state index in [0.717, 1.165) is 12.1 Å². The highest BCUT2D eigenvalue weighted by Crippen LogP contribution is 2.24. The fraction of sp³-hybridized carbons (Fsp3) is 0.462. The standard InChI is InChI=1S/C13H19N3O/c14-13(15-7-2-8-17)16-12-6-5-10-3-1-4-11(10)9-12/h5-6,9,17H,1-4,7-8H2,(H3,14,15,16). The number of nitrogens with two attached hydrogens (primary N) is 1. The average molecular weight is 233 g/mol. The molecule has 4 nitrogen and oxygen atoms in total. The lowest BCUT2D eigenvalue weighted by Crippen LogP contribution is -2.23. The molecule has 0 fully saturated rings. The minimum absolute atomic E-state index is 0.148. The third-order valence-electron chi connectivity index (χ3n) is 2.97. The average Bonchev–Trinajstić information content (AvgIpc) is 2.76. The Morgan fingerprint density at radius 3 is 3.00 bits per heavy atom. The molecule has 0 aliphatic heterocycles. The largest absolute Gasteiger partial charge is 0.396 e. The Morgan fingerprint density at radius 1 is 1.35 bits per heavy atom. The normalized spacial score (nSPS) is 14.8. The van der Waals surface area contributed by atoms with Crippen molar-refractivity contribution in [3.63, 3.8) is 0 Å². The van der Waals surface area contributed by atoms with Gasteiger partial charge in [-0.2, -0.15) is 0 Å². The van der Waals surface area contributed by atoms with E-state index in [9.17, 15) is 0 Å². The van der Waals surface area contributed by atoms with Crippen molar-refractivity contribution in [2.75, 3.05) is 18.5 Å².